The fourth-order valence-corrected chi connectivity index (χ4v) is 3.13. The Morgan fingerprint density at radius 2 is 2.29 bits per heavy atom. The lowest BCUT2D eigenvalue weighted by Gasteiger charge is -2.22. The highest BCUT2D eigenvalue weighted by molar-refractivity contribution is 6.35. The van der Waals surface area contributed by atoms with Crippen molar-refractivity contribution in [3.8, 4) is 0 Å². The molecule has 1 saturated heterocycles. The molecule has 112 valence electrons. The van der Waals surface area contributed by atoms with E-state index in [0.717, 1.165) is 23.9 Å². The summed E-state index contributed by atoms with van der Waals surface area (Å²) >= 11 is 6.14. The van der Waals surface area contributed by atoms with Crippen LogP contribution in [0.5, 0.6) is 0 Å². The molecule has 1 fully saturated rings. The molecule has 1 aliphatic heterocycles. The summed E-state index contributed by atoms with van der Waals surface area (Å²) in [5.74, 6) is 0.316. The summed E-state index contributed by atoms with van der Waals surface area (Å²) in [6.07, 6.45) is 0.926. The van der Waals surface area contributed by atoms with Gasteiger partial charge in [-0.2, -0.15) is 0 Å². The van der Waals surface area contributed by atoms with Crippen molar-refractivity contribution < 1.29 is 9.21 Å². The van der Waals surface area contributed by atoms with Crippen LogP contribution in [0.15, 0.2) is 22.6 Å². The van der Waals surface area contributed by atoms with E-state index < -0.39 is 0 Å². The van der Waals surface area contributed by atoms with E-state index in [1.165, 1.54) is 0 Å². The number of amides is 1. The maximum Gasteiger partial charge on any atom is 0.289 e. The van der Waals surface area contributed by atoms with Crippen LogP contribution in [-0.4, -0.2) is 30.4 Å². The van der Waals surface area contributed by atoms with Gasteiger partial charge in [-0.15, -0.1) is 0 Å². The van der Waals surface area contributed by atoms with Crippen molar-refractivity contribution in [1.29, 1.82) is 0 Å². The summed E-state index contributed by atoms with van der Waals surface area (Å²) in [6.45, 7) is 5.99. The molecule has 2 aromatic rings. The molecule has 1 amide bonds. The van der Waals surface area contributed by atoms with Crippen molar-refractivity contribution in [1.82, 2.24) is 4.90 Å². The molecule has 5 heteroatoms. The zero-order valence-corrected chi connectivity index (χ0v) is 13.0. The first kappa shape index (κ1) is 14.4. The average Bonchev–Trinajstić information content (AvgIpc) is 3.02. The predicted octanol–water partition coefficient (Wildman–Crippen LogP) is 3.21. The first-order valence-corrected chi connectivity index (χ1v) is 7.50. The minimum atomic E-state index is -0.0723. The van der Waals surface area contributed by atoms with Crippen LogP contribution in [0.25, 0.3) is 11.0 Å². The number of carbonyl (C=O) groups is 1. The van der Waals surface area contributed by atoms with Crippen LogP contribution in [0.2, 0.25) is 5.02 Å². The van der Waals surface area contributed by atoms with E-state index in [0.29, 0.717) is 29.5 Å². The maximum absolute atomic E-state index is 12.7. The normalized spacial score (nSPS) is 22.2. The van der Waals surface area contributed by atoms with E-state index in [1.54, 1.807) is 6.07 Å². The molecule has 4 nitrogen and oxygen atoms in total. The third-order valence-corrected chi connectivity index (χ3v) is 4.75. The van der Waals surface area contributed by atoms with Gasteiger partial charge >= 0.3 is 0 Å². The molecule has 1 aliphatic rings. The second-order valence-electron chi connectivity index (χ2n) is 6.16. The summed E-state index contributed by atoms with van der Waals surface area (Å²) < 4.78 is 5.75. The van der Waals surface area contributed by atoms with Crippen LogP contribution >= 0.6 is 11.6 Å². The summed E-state index contributed by atoms with van der Waals surface area (Å²) in [7, 11) is 0. The number of furan rings is 1. The summed E-state index contributed by atoms with van der Waals surface area (Å²) in [4.78, 5) is 14.5. The fraction of sp³-hybridized carbons (Fsp3) is 0.438. The number of fused-ring (bicyclic) bond motifs is 1. The molecule has 2 N–H and O–H groups in total. The first-order valence-electron chi connectivity index (χ1n) is 7.12. The zero-order chi connectivity index (χ0) is 15.2. The number of nitrogens with zero attached hydrogens (tertiary/aromatic N) is 1. The Kier molecular flexibility index (Phi) is 3.46. The van der Waals surface area contributed by atoms with Crippen LogP contribution < -0.4 is 5.73 Å². The molecule has 1 aromatic heterocycles. The highest BCUT2D eigenvalue weighted by Crippen LogP contribution is 2.34. The lowest BCUT2D eigenvalue weighted by atomic mass is 9.90. The van der Waals surface area contributed by atoms with Gasteiger partial charge in [-0.1, -0.05) is 30.7 Å². The van der Waals surface area contributed by atoms with E-state index in [1.807, 2.05) is 24.0 Å². The monoisotopic (exact) mass is 306 g/mol. The Bertz CT molecular complexity index is 710. The molecule has 3 rings (SSSR count). The minimum absolute atomic E-state index is 0.00717. The molecule has 0 radical (unpaired) electrons. The zero-order valence-electron chi connectivity index (χ0n) is 12.3. The molecular weight excluding hydrogens is 288 g/mol. The van der Waals surface area contributed by atoms with Gasteiger partial charge in [0.15, 0.2) is 11.3 Å². The van der Waals surface area contributed by atoms with Gasteiger partial charge in [-0.05, 0) is 31.4 Å². The molecule has 1 aromatic carbocycles. The van der Waals surface area contributed by atoms with Crippen LogP contribution in [-0.2, 0) is 0 Å². The topological polar surface area (TPSA) is 59.5 Å². The number of likely N-dealkylation sites (tertiary alicyclic amines) is 1. The van der Waals surface area contributed by atoms with Crippen molar-refractivity contribution in [2.45, 2.75) is 20.3 Å². The summed E-state index contributed by atoms with van der Waals surface area (Å²) in [6, 6.07) is 5.55. The Labute approximate surface area is 128 Å². The van der Waals surface area contributed by atoms with E-state index in [-0.39, 0.29) is 11.3 Å². The maximum atomic E-state index is 12.7. The number of carbonyl (C=O) groups excluding carboxylic acids is 1. The molecule has 0 saturated carbocycles. The van der Waals surface area contributed by atoms with E-state index in [9.17, 15) is 4.79 Å². The smallest absolute Gasteiger partial charge is 0.289 e. The summed E-state index contributed by atoms with van der Waals surface area (Å²) in [5.41, 5.74) is 7.24. The number of benzene rings is 1. The van der Waals surface area contributed by atoms with Crippen molar-refractivity contribution in [2.24, 2.45) is 11.1 Å². The van der Waals surface area contributed by atoms with Gasteiger partial charge in [0.05, 0.1) is 5.02 Å². The molecule has 0 aliphatic carbocycles. The van der Waals surface area contributed by atoms with E-state index in [4.69, 9.17) is 21.8 Å². The highest BCUT2D eigenvalue weighted by atomic mass is 35.5. The SMILES string of the molecule is Cc1c(C(=O)N2CCC(C)(CN)C2)oc2c(Cl)cccc12. The van der Waals surface area contributed by atoms with Gasteiger partial charge in [0, 0.05) is 24.0 Å². The van der Waals surface area contributed by atoms with Crippen molar-refractivity contribution in [2.75, 3.05) is 19.6 Å². The fourth-order valence-electron chi connectivity index (χ4n) is 2.92. The predicted molar refractivity (Wildman–Crippen MR) is 83.6 cm³/mol. The number of hydrogen-bond acceptors (Lipinski definition) is 3. The lowest BCUT2D eigenvalue weighted by Crippen LogP contribution is -2.34. The number of halogens is 1. The van der Waals surface area contributed by atoms with Gasteiger partial charge in [0.25, 0.3) is 5.91 Å². The molecule has 2 heterocycles. The Morgan fingerprint density at radius 3 is 2.90 bits per heavy atom. The van der Waals surface area contributed by atoms with Crippen molar-refractivity contribution in [3.05, 3.63) is 34.5 Å². The Morgan fingerprint density at radius 1 is 1.52 bits per heavy atom. The molecule has 1 unspecified atom stereocenters. The van der Waals surface area contributed by atoms with E-state index in [2.05, 4.69) is 6.92 Å². The van der Waals surface area contributed by atoms with Crippen LogP contribution in [0, 0.1) is 12.3 Å². The number of hydrogen-bond donors (Lipinski definition) is 1. The number of nitrogens with two attached hydrogens (primary N) is 1. The van der Waals surface area contributed by atoms with Crippen LogP contribution in [0.3, 0.4) is 0 Å². The largest absolute Gasteiger partial charge is 0.449 e. The van der Waals surface area contributed by atoms with Gasteiger partial charge in [0.1, 0.15) is 0 Å². The second-order valence-corrected chi connectivity index (χ2v) is 6.57. The van der Waals surface area contributed by atoms with Gasteiger partial charge in [-0.3, -0.25) is 4.79 Å². The third-order valence-electron chi connectivity index (χ3n) is 4.45. The standard InChI is InChI=1S/C16H19ClN2O2/c1-10-11-4-3-5-12(17)14(11)21-13(10)15(20)19-7-6-16(2,8-18)9-19/h3-5H,6-9,18H2,1-2H3. The van der Waals surface area contributed by atoms with Gasteiger partial charge < -0.3 is 15.1 Å². The van der Waals surface area contributed by atoms with Gasteiger partial charge in [-0.25, -0.2) is 0 Å². The van der Waals surface area contributed by atoms with Crippen molar-refractivity contribution in [3.63, 3.8) is 0 Å². The number of rotatable bonds is 2. The molecule has 0 bridgehead atoms. The number of para-hydroxylation sites is 1. The first-order chi connectivity index (χ1) is 9.95. The molecule has 1 atom stereocenters. The highest BCUT2D eigenvalue weighted by Gasteiger charge is 2.36. The van der Waals surface area contributed by atoms with Crippen LogP contribution in [0.1, 0.15) is 29.5 Å². The molecular formula is C16H19ClN2O2. The Balaban J connectivity index is 1.96. The third kappa shape index (κ3) is 2.32. The summed E-state index contributed by atoms with van der Waals surface area (Å²) in [5, 5.41) is 1.43. The Hall–Kier alpha value is -1.52. The van der Waals surface area contributed by atoms with E-state index >= 15 is 0 Å². The second kappa shape index (κ2) is 5.04. The van der Waals surface area contributed by atoms with Crippen LogP contribution in [0.4, 0.5) is 0 Å². The van der Waals surface area contributed by atoms with Crippen molar-refractivity contribution >= 4 is 28.5 Å². The quantitative estimate of drug-likeness (QED) is 0.927. The molecule has 21 heavy (non-hydrogen) atoms. The molecule has 0 spiro atoms. The average molecular weight is 307 g/mol. The minimum Gasteiger partial charge on any atom is -0.449 e. The number of aryl methyl sites for hydroxylation is 1. The lowest BCUT2D eigenvalue weighted by molar-refractivity contribution is 0.0746. The van der Waals surface area contributed by atoms with Gasteiger partial charge in [0.2, 0.25) is 0 Å².